The van der Waals surface area contributed by atoms with Gasteiger partial charge in [0, 0.05) is 93.1 Å². The van der Waals surface area contributed by atoms with Crippen LogP contribution in [0.3, 0.4) is 0 Å². The van der Waals surface area contributed by atoms with Gasteiger partial charge < -0.3 is 36.9 Å². The predicted octanol–water partition coefficient (Wildman–Crippen LogP) is 26.2. The van der Waals surface area contributed by atoms with Crippen LogP contribution in [0, 0.1) is 0 Å². The first-order valence-corrected chi connectivity index (χ1v) is 37.0. The summed E-state index contributed by atoms with van der Waals surface area (Å²) in [5, 5.41) is 2.34. The van der Waals surface area contributed by atoms with Crippen LogP contribution in [-0.4, -0.2) is 25.0 Å². The molecule has 0 saturated heterocycles. The van der Waals surface area contributed by atoms with Gasteiger partial charge in [-0.1, -0.05) is 259 Å². The van der Waals surface area contributed by atoms with Crippen molar-refractivity contribution in [1.82, 2.24) is 18.3 Å². The van der Waals surface area contributed by atoms with Crippen molar-refractivity contribution in [2.75, 3.05) is 9.80 Å². The van der Waals surface area contributed by atoms with Crippen LogP contribution >= 0.6 is 0 Å². The normalized spacial score (nSPS) is 16.8. The number of rotatable bonds is 7. The number of fused-ring (bicyclic) bond motifs is 22. The molecule has 0 bridgehead atoms. The molecule has 0 atom stereocenters. The highest BCUT2D eigenvalue weighted by Gasteiger charge is 2.46. The fourth-order valence-electron chi connectivity index (χ4n) is 17.8. The smallest absolute Gasteiger partial charge is 0.252 e. The number of anilines is 6. The zero-order valence-electron chi connectivity index (χ0n) is 90.1. The van der Waals surface area contributed by atoms with Crippen LogP contribution in [0.15, 0.2) is 342 Å². The quantitative estimate of drug-likeness (QED) is 0.149. The molecule has 0 unspecified atom stereocenters. The average Bonchev–Trinajstić information content (AvgIpc) is 1.36. The van der Waals surface area contributed by atoms with E-state index in [-0.39, 0.29) is 155 Å². The Morgan fingerprint density at radius 1 is 0.257 bits per heavy atom. The van der Waals surface area contributed by atoms with Crippen molar-refractivity contribution in [3.63, 3.8) is 0 Å². The molecule has 0 amide bonds. The van der Waals surface area contributed by atoms with Gasteiger partial charge >= 0.3 is 0 Å². The van der Waals surface area contributed by atoms with E-state index in [0.29, 0.717) is 49.2 Å². The molecule has 0 aliphatic carbocycles. The van der Waals surface area contributed by atoms with Crippen molar-refractivity contribution in [2.24, 2.45) is 0 Å². The maximum Gasteiger partial charge on any atom is 0.252 e. The Morgan fingerprint density at radius 2 is 0.602 bits per heavy atom. The van der Waals surface area contributed by atoms with E-state index in [1.807, 2.05) is 41.3 Å². The molecule has 2 aliphatic heterocycles. The molecule has 16 aromatic carbocycles. The summed E-state index contributed by atoms with van der Waals surface area (Å²) in [5.41, 5.74) is 5.33. The van der Waals surface area contributed by atoms with Gasteiger partial charge in [0.15, 0.2) is 22.3 Å². The van der Waals surface area contributed by atoms with E-state index < -0.39 is 182 Å². The third kappa shape index (κ3) is 9.04. The largest absolute Gasteiger partial charge is 0.452 e. The lowest BCUT2D eigenvalue weighted by Gasteiger charge is -2.44. The van der Waals surface area contributed by atoms with Crippen molar-refractivity contribution in [3.8, 4) is 33.9 Å². The molecule has 0 fully saturated rings. The Bertz CT molecular complexity index is 9430. The maximum atomic E-state index is 10.2. The molecule has 0 spiro atoms. The van der Waals surface area contributed by atoms with Gasteiger partial charge in [0.1, 0.15) is 0 Å². The Labute approximate surface area is 692 Å². The summed E-state index contributed by atoms with van der Waals surface area (Å²) in [6, 6.07) is 28.7. The SMILES string of the molecule is [2H]c1c([2H])c([2H])c(-c2ccc3c(c2)N(c2cccc4c2oc2c(-n5c6c([2H])c([2H])c([2H])c([2H])c6c6c([2H])c([2H])c([2H])c([2H])c65)cccc24)c2cc(-n4c5c([2H])c([2H])c([2H])c([2H])c5c5c([2H])c([2H])c([2H])c([2H])c54)cc4c2B3c2ccc(-n3c5c([2H])c([2H])c([2H])c([2H])c5c5c([2H])c([2H])c([2H])c([2H])c53)cc2N4c2cccc3c2oc2c(-n4c5ccc(C(C)(C)C)cc5c5cc(C(C)(C)C)ccc54)cccc23)c([2H])c1[2H]. The molecule has 6 aromatic heterocycles. The number of hydrogen-bond donors (Lipinski definition) is 0. The number of nitrogens with zero attached hydrogens (tertiary/aromatic N) is 6. The summed E-state index contributed by atoms with van der Waals surface area (Å²) < 4.78 is 297. The highest BCUT2D eigenvalue weighted by Crippen LogP contribution is 2.53. The number of hydrogen-bond acceptors (Lipinski definition) is 4. The van der Waals surface area contributed by atoms with E-state index in [1.54, 1.807) is 89.8 Å². The molecule has 0 radical (unpaired) electrons. The molecule has 0 saturated carbocycles. The second-order valence-corrected chi connectivity index (χ2v) is 31.0. The molecule has 534 valence electrons. The van der Waals surface area contributed by atoms with Crippen molar-refractivity contribution in [3.05, 3.63) is 344 Å². The van der Waals surface area contributed by atoms with E-state index >= 15 is 0 Å². The summed E-state index contributed by atoms with van der Waals surface area (Å²) in [6.45, 7) is 11.8. The molecule has 8 heterocycles. The average molecular weight is 1480 g/mol. The Kier molecular flexibility index (Phi) is 8.59. The van der Waals surface area contributed by atoms with Crippen molar-refractivity contribution in [2.45, 2.75) is 52.4 Å². The minimum atomic E-state index is -1.16. The van der Waals surface area contributed by atoms with Gasteiger partial charge in [0.05, 0.1) is 112 Å². The van der Waals surface area contributed by atoms with E-state index in [0.717, 1.165) is 32.9 Å². The van der Waals surface area contributed by atoms with E-state index in [9.17, 15) is 30.2 Å². The monoisotopic (exact) mass is 1480 g/mol. The lowest BCUT2D eigenvalue weighted by molar-refractivity contribution is 0.590. The molecule has 9 heteroatoms. The Morgan fingerprint density at radius 3 is 1.03 bits per heavy atom. The first-order chi connectivity index (χ1) is 67.4. The van der Waals surface area contributed by atoms with E-state index in [2.05, 4.69) is 82.5 Å². The minimum absolute atomic E-state index is 0.00534. The van der Waals surface area contributed by atoms with Crippen LogP contribution in [0.2, 0.25) is 0 Å². The molecular weight excluding hydrogens is 1380 g/mol. The minimum Gasteiger partial charge on any atom is -0.452 e. The van der Waals surface area contributed by atoms with Crippen molar-refractivity contribution < 1.29 is 48.6 Å². The van der Waals surface area contributed by atoms with Crippen molar-refractivity contribution >= 4 is 188 Å². The van der Waals surface area contributed by atoms with Crippen LogP contribution in [-0.2, 0) is 10.8 Å². The van der Waals surface area contributed by atoms with Crippen LogP contribution in [0.4, 0.5) is 34.1 Å². The highest BCUT2D eigenvalue weighted by molar-refractivity contribution is 7.00. The standard InChI is InChI=1S/C104H73BN6O2/c1-103(2,3)64-49-54-88-78(57-64)79-58-65(104(4,5)6)50-55-89(79)109(88)91-45-23-35-75-77-37-25-47-93(102(77)113-100(75)91)111-95-59-66(106-82-38-16-10-28-68(82)69-29-11-17-39-83(69)106)51-53-81(95)105-80-52-48-63(62-26-8-7-9-27-62)56-94(80)110(96-60-67(61-97(111)98(96)105)107-84-40-18-12-30-70(84)71-31-13-19-41-85(71)107)92-46-24-36-76-74-34-22-44-90(99(74)112-101(76)92)108-86-42-20-14-32-72(86)73-33-15-21-43-87(73)108/h7-61H,1-6H3/i7D,8D,9D,10D,11D,12D,13D,14D,15D,16D,17D,18D,19D,20D,21D,26D,27D,28D,29D,30D,31D,32D,33D,38D,39D,40D,41D,42D,43D. The van der Waals surface area contributed by atoms with Gasteiger partial charge in [0.2, 0.25) is 0 Å². The van der Waals surface area contributed by atoms with Crippen LogP contribution in [0.1, 0.15) is 92.4 Å². The second kappa shape index (κ2) is 23.3. The predicted molar refractivity (Wildman–Crippen MR) is 475 cm³/mol. The fraction of sp³-hybridized carbons (Fsp3) is 0.0769. The van der Waals surface area contributed by atoms with Crippen molar-refractivity contribution in [1.29, 1.82) is 0 Å². The molecule has 8 nitrogen and oxygen atoms in total. The zero-order valence-corrected chi connectivity index (χ0v) is 61.1. The molecule has 2 aliphatic rings. The van der Waals surface area contributed by atoms with Gasteiger partial charge in [-0.15, -0.1) is 0 Å². The van der Waals surface area contributed by atoms with E-state index in [1.165, 1.54) is 13.7 Å². The fourth-order valence-corrected chi connectivity index (χ4v) is 17.8. The molecule has 22 aromatic rings. The van der Waals surface area contributed by atoms with Crippen LogP contribution < -0.4 is 26.2 Å². The number of aromatic nitrogens is 4. The first kappa shape index (κ1) is 41.7. The van der Waals surface area contributed by atoms with Gasteiger partial charge in [-0.25, -0.2) is 0 Å². The van der Waals surface area contributed by atoms with Gasteiger partial charge in [-0.3, -0.25) is 0 Å². The van der Waals surface area contributed by atoms with E-state index in [4.69, 9.17) is 18.4 Å². The third-order valence-electron chi connectivity index (χ3n) is 22.9. The summed E-state index contributed by atoms with van der Waals surface area (Å²) in [7, 11) is 0. The van der Waals surface area contributed by atoms with Gasteiger partial charge in [-0.05, 0) is 165 Å². The van der Waals surface area contributed by atoms with Gasteiger partial charge in [0.25, 0.3) is 6.71 Å². The summed E-state index contributed by atoms with van der Waals surface area (Å²) in [4.78, 5) is 3.66. The highest BCUT2D eigenvalue weighted by atomic mass is 16.3. The molecule has 113 heavy (non-hydrogen) atoms. The molecular formula is C104H73BN6O2. The lowest BCUT2D eigenvalue weighted by atomic mass is 9.33. The first-order valence-electron chi connectivity index (χ1n) is 51.5. The number of furan rings is 2. The summed E-state index contributed by atoms with van der Waals surface area (Å²) in [6.07, 6.45) is 0. The second-order valence-electron chi connectivity index (χ2n) is 31.0. The molecule has 0 N–H and O–H groups in total. The molecule has 24 rings (SSSR count). The zero-order chi connectivity index (χ0) is 100. The Hall–Kier alpha value is -14.0. The Balaban J connectivity index is 0.888. The lowest BCUT2D eigenvalue weighted by Crippen LogP contribution is -2.61. The topological polar surface area (TPSA) is 52.5 Å². The third-order valence-corrected chi connectivity index (χ3v) is 22.9. The van der Waals surface area contributed by atoms with Crippen LogP contribution in [0.25, 0.3) is 165 Å². The number of benzene rings is 16. The van der Waals surface area contributed by atoms with Crippen LogP contribution in [0.5, 0.6) is 0 Å². The van der Waals surface area contributed by atoms with Gasteiger partial charge in [-0.2, -0.15) is 0 Å². The summed E-state index contributed by atoms with van der Waals surface area (Å²) >= 11 is 0. The number of para-hydroxylation sites is 10. The maximum absolute atomic E-state index is 10.2. The summed E-state index contributed by atoms with van der Waals surface area (Å²) in [5.74, 6) is 0.